The Morgan fingerprint density at radius 1 is 0.889 bits per heavy atom. The maximum Gasteiger partial charge on any atom is 0.233 e. The van der Waals surface area contributed by atoms with Gasteiger partial charge in [-0.2, -0.15) is 0 Å². The number of rotatable bonds is 8. The quantitative estimate of drug-likeness (QED) is 0.550. The zero-order valence-electron chi connectivity index (χ0n) is 15.5. The lowest BCUT2D eigenvalue weighted by Gasteiger charge is -2.10. The zero-order valence-corrected chi connectivity index (χ0v) is 15.5. The van der Waals surface area contributed by atoms with Crippen LogP contribution in [0.2, 0.25) is 0 Å². The van der Waals surface area contributed by atoms with Crippen molar-refractivity contribution < 1.29 is 23.9 Å². The molecule has 0 spiro atoms. The van der Waals surface area contributed by atoms with Gasteiger partial charge in [0.15, 0.2) is 17.3 Å². The van der Waals surface area contributed by atoms with Crippen molar-refractivity contribution in [1.29, 1.82) is 0 Å². The lowest BCUT2D eigenvalue weighted by Crippen LogP contribution is -2.27. The van der Waals surface area contributed by atoms with Crippen molar-refractivity contribution in [2.24, 2.45) is 0 Å². The maximum atomic E-state index is 12.0. The second kappa shape index (κ2) is 9.38. The SMILES string of the molecule is COc1ccc(CNC(=O)CC(=O)Nc2ccc(C(C)=O)cc2)cc1OC. The minimum Gasteiger partial charge on any atom is -0.493 e. The van der Waals surface area contributed by atoms with Crippen LogP contribution in [0.15, 0.2) is 42.5 Å². The van der Waals surface area contributed by atoms with Crippen molar-refractivity contribution in [3.8, 4) is 11.5 Å². The van der Waals surface area contributed by atoms with Gasteiger partial charge >= 0.3 is 0 Å². The van der Waals surface area contributed by atoms with Crippen LogP contribution in [-0.4, -0.2) is 31.8 Å². The molecule has 2 N–H and O–H groups in total. The normalized spacial score (nSPS) is 10.0. The maximum absolute atomic E-state index is 12.0. The molecule has 0 saturated heterocycles. The minimum absolute atomic E-state index is 0.0533. The Balaban J connectivity index is 1.84. The van der Waals surface area contributed by atoms with Gasteiger partial charge in [-0.05, 0) is 48.9 Å². The fourth-order valence-corrected chi connectivity index (χ4v) is 2.39. The number of ether oxygens (including phenoxy) is 2. The van der Waals surface area contributed by atoms with Gasteiger partial charge in [0, 0.05) is 17.8 Å². The molecule has 0 fully saturated rings. The number of Topliss-reactive ketones (excluding diaryl/α,β-unsaturated/α-hetero) is 1. The number of anilines is 1. The fraction of sp³-hybridized carbons (Fsp3) is 0.250. The van der Waals surface area contributed by atoms with Gasteiger partial charge in [-0.1, -0.05) is 6.07 Å². The van der Waals surface area contributed by atoms with Gasteiger partial charge in [0.2, 0.25) is 11.8 Å². The molecule has 27 heavy (non-hydrogen) atoms. The highest BCUT2D eigenvalue weighted by Gasteiger charge is 2.11. The summed E-state index contributed by atoms with van der Waals surface area (Å²) >= 11 is 0. The number of amides is 2. The predicted molar refractivity (Wildman–Crippen MR) is 101 cm³/mol. The number of carbonyl (C=O) groups excluding carboxylic acids is 3. The molecule has 0 unspecified atom stereocenters. The van der Waals surface area contributed by atoms with Crippen LogP contribution in [0.25, 0.3) is 0 Å². The lowest BCUT2D eigenvalue weighted by atomic mass is 10.1. The van der Waals surface area contributed by atoms with E-state index in [1.54, 1.807) is 49.6 Å². The van der Waals surface area contributed by atoms with Crippen molar-refractivity contribution in [3.63, 3.8) is 0 Å². The number of benzene rings is 2. The van der Waals surface area contributed by atoms with E-state index in [0.717, 1.165) is 5.56 Å². The monoisotopic (exact) mass is 370 g/mol. The van der Waals surface area contributed by atoms with E-state index >= 15 is 0 Å². The van der Waals surface area contributed by atoms with Crippen LogP contribution < -0.4 is 20.1 Å². The van der Waals surface area contributed by atoms with Crippen molar-refractivity contribution in [1.82, 2.24) is 5.32 Å². The number of hydrogen-bond acceptors (Lipinski definition) is 5. The van der Waals surface area contributed by atoms with Gasteiger partial charge in [0.05, 0.1) is 14.2 Å². The van der Waals surface area contributed by atoms with E-state index in [1.165, 1.54) is 14.0 Å². The van der Waals surface area contributed by atoms with Gasteiger partial charge in [0.25, 0.3) is 0 Å². The zero-order chi connectivity index (χ0) is 19.8. The van der Waals surface area contributed by atoms with Gasteiger partial charge in [0.1, 0.15) is 6.42 Å². The Morgan fingerprint density at radius 2 is 1.56 bits per heavy atom. The summed E-state index contributed by atoms with van der Waals surface area (Å²) in [5, 5.41) is 5.31. The summed E-state index contributed by atoms with van der Waals surface area (Å²) in [4.78, 5) is 35.2. The van der Waals surface area contributed by atoms with E-state index < -0.39 is 11.8 Å². The van der Waals surface area contributed by atoms with Gasteiger partial charge in [-0.25, -0.2) is 0 Å². The van der Waals surface area contributed by atoms with Crippen molar-refractivity contribution >= 4 is 23.3 Å². The molecule has 0 aliphatic heterocycles. The van der Waals surface area contributed by atoms with Crippen molar-refractivity contribution in [2.75, 3.05) is 19.5 Å². The number of carbonyl (C=O) groups is 3. The average molecular weight is 370 g/mol. The van der Waals surface area contributed by atoms with Gasteiger partial charge in [-0.15, -0.1) is 0 Å². The van der Waals surface area contributed by atoms with E-state index in [1.807, 2.05) is 0 Å². The second-order valence-corrected chi connectivity index (χ2v) is 5.82. The van der Waals surface area contributed by atoms with E-state index in [9.17, 15) is 14.4 Å². The predicted octanol–water partition coefficient (Wildman–Crippen LogP) is 2.55. The first-order valence-electron chi connectivity index (χ1n) is 8.31. The van der Waals surface area contributed by atoms with Crippen LogP contribution in [0.1, 0.15) is 29.3 Å². The Kier molecular flexibility index (Phi) is 6.93. The Morgan fingerprint density at radius 3 is 2.15 bits per heavy atom. The van der Waals surface area contributed by atoms with E-state index in [-0.39, 0.29) is 18.7 Å². The summed E-state index contributed by atoms with van der Waals surface area (Å²) in [7, 11) is 3.08. The fourth-order valence-electron chi connectivity index (χ4n) is 2.39. The summed E-state index contributed by atoms with van der Waals surface area (Å²) in [5.74, 6) is 0.277. The molecule has 0 aromatic heterocycles. The highest BCUT2D eigenvalue weighted by atomic mass is 16.5. The summed E-state index contributed by atoms with van der Waals surface area (Å²) in [6, 6.07) is 11.8. The standard InChI is InChI=1S/C20H22N2O5/c1-13(23)15-5-7-16(8-6-15)22-20(25)11-19(24)21-12-14-4-9-17(26-2)18(10-14)27-3/h4-10H,11-12H2,1-3H3,(H,21,24)(H,22,25). The third-order valence-electron chi connectivity index (χ3n) is 3.83. The van der Waals surface area contributed by atoms with Crippen molar-refractivity contribution in [3.05, 3.63) is 53.6 Å². The summed E-state index contributed by atoms with van der Waals surface area (Å²) < 4.78 is 10.4. The number of methoxy groups -OCH3 is 2. The molecule has 2 amide bonds. The summed E-state index contributed by atoms with van der Waals surface area (Å²) in [6.45, 7) is 1.73. The molecule has 7 nitrogen and oxygen atoms in total. The second-order valence-electron chi connectivity index (χ2n) is 5.82. The Labute approximate surface area is 157 Å². The molecular weight excluding hydrogens is 348 g/mol. The molecule has 142 valence electrons. The van der Waals surface area contributed by atoms with E-state index in [2.05, 4.69) is 10.6 Å². The molecule has 0 heterocycles. The van der Waals surface area contributed by atoms with Gasteiger partial charge in [-0.3, -0.25) is 14.4 Å². The molecule has 0 bridgehead atoms. The molecule has 0 radical (unpaired) electrons. The smallest absolute Gasteiger partial charge is 0.233 e. The first kappa shape index (κ1) is 20.0. The summed E-state index contributed by atoms with van der Waals surface area (Å²) in [5.41, 5.74) is 1.90. The highest BCUT2D eigenvalue weighted by molar-refractivity contribution is 6.03. The largest absolute Gasteiger partial charge is 0.493 e. The van der Waals surface area contributed by atoms with Gasteiger partial charge < -0.3 is 20.1 Å². The van der Waals surface area contributed by atoms with Crippen molar-refractivity contribution in [2.45, 2.75) is 19.9 Å². The molecule has 0 atom stereocenters. The first-order valence-corrected chi connectivity index (χ1v) is 8.31. The molecular formula is C20H22N2O5. The molecule has 0 aliphatic carbocycles. The Hall–Kier alpha value is -3.35. The van der Waals surface area contributed by atoms with Crippen LogP contribution in [0.5, 0.6) is 11.5 Å². The van der Waals surface area contributed by atoms with Crippen LogP contribution >= 0.6 is 0 Å². The number of nitrogens with one attached hydrogen (secondary N) is 2. The minimum atomic E-state index is -0.435. The molecule has 2 rings (SSSR count). The first-order chi connectivity index (χ1) is 12.9. The van der Waals surface area contributed by atoms with E-state index in [0.29, 0.717) is 22.7 Å². The summed E-state index contributed by atoms with van der Waals surface area (Å²) in [6.07, 6.45) is -0.304. The third kappa shape index (κ3) is 5.85. The molecule has 0 aliphatic rings. The number of hydrogen-bond donors (Lipinski definition) is 2. The molecule has 0 saturated carbocycles. The molecule has 2 aromatic carbocycles. The third-order valence-corrected chi connectivity index (χ3v) is 3.83. The lowest BCUT2D eigenvalue weighted by molar-refractivity contribution is -0.126. The molecule has 2 aromatic rings. The van der Waals surface area contributed by atoms with Crippen LogP contribution in [0.4, 0.5) is 5.69 Å². The average Bonchev–Trinajstić information content (AvgIpc) is 2.66. The molecule has 7 heteroatoms. The number of ketones is 1. The van der Waals surface area contributed by atoms with Crippen LogP contribution in [-0.2, 0) is 16.1 Å². The topological polar surface area (TPSA) is 93.7 Å². The van der Waals surface area contributed by atoms with Crippen LogP contribution in [0, 0.1) is 0 Å². The highest BCUT2D eigenvalue weighted by Crippen LogP contribution is 2.27. The Bertz CT molecular complexity index is 831. The van der Waals surface area contributed by atoms with Crippen LogP contribution in [0.3, 0.4) is 0 Å². The van der Waals surface area contributed by atoms with E-state index in [4.69, 9.17) is 9.47 Å².